The molecule has 26 heavy (non-hydrogen) atoms. The van der Waals surface area contributed by atoms with Gasteiger partial charge >= 0.3 is 0 Å². The summed E-state index contributed by atoms with van der Waals surface area (Å²) in [6.07, 6.45) is 3.22. The molecule has 0 saturated carbocycles. The number of aryl methyl sites for hydroxylation is 2. The molecular formula is C19H23N5O2. The molecule has 4 heterocycles. The molecule has 1 aliphatic rings. The number of anilines is 1. The molecule has 3 aromatic heterocycles. The number of carbonyl (C=O) groups excluding carboxylic acids is 1. The Morgan fingerprint density at radius 1 is 1.27 bits per heavy atom. The van der Waals surface area contributed by atoms with Crippen molar-refractivity contribution < 1.29 is 9.21 Å². The lowest BCUT2D eigenvalue weighted by Gasteiger charge is -2.33. The lowest BCUT2D eigenvalue weighted by Crippen LogP contribution is -2.39. The number of primary amides is 1. The highest BCUT2D eigenvalue weighted by Crippen LogP contribution is 2.31. The Morgan fingerprint density at radius 2 is 2.00 bits per heavy atom. The number of nitrogens with zero attached hydrogens (tertiary/aromatic N) is 4. The van der Waals surface area contributed by atoms with E-state index < -0.39 is 0 Å². The van der Waals surface area contributed by atoms with Crippen LogP contribution < -0.4 is 10.6 Å². The molecule has 0 aromatic carbocycles. The second kappa shape index (κ2) is 6.16. The lowest BCUT2D eigenvalue weighted by molar-refractivity contribution is -0.122. The number of amides is 1. The summed E-state index contributed by atoms with van der Waals surface area (Å²) in [6, 6.07) is 3.92. The third-order valence-corrected chi connectivity index (χ3v) is 5.38. The molecule has 4 rings (SSSR count). The van der Waals surface area contributed by atoms with Crippen LogP contribution in [0.3, 0.4) is 0 Å². The molecule has 0 spiro atoms. The molecule has 2 N–H and O–H groups in total. The fraction of sp³-hybridized carbons (Fsp3) is 0.421. The Balaban J connectivity index is 1.78. The van der Waals surface area contributed by atoms with Crippen molar-refractivity contribution in [1.82, 2.24) is 14.6 Å². The van der Waals surface area contributed by atoms with Crippen molar-refractivity contribution >= 4 is 17.4 Å². The van der Waals surface area contributed by atoms with Crippen molar-refractivity contribution in [3.05, 3.63) is 35.4 Å². The largest absolute Gasteiger partial charge is 0.469 e. The quantitative estimate of drug-likeness (QED) is 0.782. The minimum Gasteiger partial charge on any atom is -0.469 e. The van der Waals surface area contributed by atoms with Gasteiger partial charge in [-0.25, -0.2) is 4.98 Å². The van der Waals surface area contributed by atoms with Gasteiger partial charge in [0.1, 0.15) is 11.6 Å². The SMILES string of the molecule is Cc1nc2cc(-c3ccoc3C)nn2c(N2CCC(C(N)=O)CC2)c1C. The van der Waals surface area contributed by atoms with Crippen molar-refractivity contribution in [2.45, 2.75) is 33.6 Å². The molecule has 3 aromatic rings. The first-order valence-corrected chi connectivity index (χ1v) is 8.91. The number of fused-ring (bicyclic) bond motifs is 1. The third kappa shape index (κ3) is 2.64. The van der Waals surface area contributed by atoms with Crippen LogP contribution in [0.15, 0.2) is 22.8 Å². The molecule has 0 aliphatic carbocycles. The van der Waals surface area contributed by atoms with E-state index >= 15 is 0 Å². The first-order chi connectivity index (χ1) is 12.5. The molecule has 1 saturated heterocycles. The van der Waals surface area contributed by atoms with Gasteiger partial charge in [0, 0.05) is 41.9 Å². The summed E-state index contributed by atoms with van der Waals surface area (Å²) in [5.41, 5.74) is 10.2. The van der Waals surface area contributed by atoms with Crippen molar-refractivity contribution in [2.75, 3.05) is 18.0 Å². The fourth-order valence-corrected chi connectivity index (χ4v) is 3.71. The smallest absolute Gasteiger partial charge is 0.220 e. The van der Waals surface area contributed by atoms with E-state index in [1.165, 1.54) is 0 Å². The molecule has 1 fully saturated rings. The number of rotatable bonds is 3. The van der Waals surface area contributed by atoms with Gasteiger partial charge in [0.05, 0.1) is 12.0 Å². The number of hydrogen-bond donors (Lipinski definition) is 1. The Bertz CT molecular complexity index is 979. The number of furan rings is 1. The summed E-state index contributed by atoms with van der Waals surface area (Å²) < 4.78 is 7.33. The summed E-state index contributed by atoms with van der Waals surface area (Å²) in [6.45, 7) is 7.59. The highest BCUT2D eigenvalue weighted by Gasteiger charge is 2.26. The second-order valence-corrected chi connectivity index (χ2v) is 7.00. The maximum atomic E-state index is 11.5. The van der Waals surface area contributed by atoms with Crippen molar-refractivity contribution in [3.63, 3.8) is 0 Å². The van der Waals surface area contributed by atoms with Gasteiger partial charge in [0.25, 0.3) is 0 Å². The van der Waals surface area contributed by atoms with Crippen LogP contribution in [0, 0.1) is 26.7 Å². The second-order valence-electron chi connectivity index (χ2n) is 7.00. The number of piperidine rings is 1. The summed E-state index contributed by atoms with van der Waals surface area (Å²) in [5, 5.41) is 4.81. The first kappa shape index (κ1) is 16.6. The van der Waals surface area contributed by atoms with Crippen LogP contribution in [0.25, 0.3) is 16.9 Å². The molecular weight excluding hydrogens is 330 g/mol. The van der Waals surface area contributed by atoms with Crippen LogP contribution in [0.4, 0.5) is 5.82 Å². The van der Waals surface area contributed by atoms with E-state index in [-0.39, 0.29) is 11.8 Å². The zero-order chi connectivity index (χ0) is 18.4. The van der Waals surface area contributed by atoms with E-state index in [1.54, 1.807) is 6.26 Å². The Hall–Kier alpha value is -2.83. The summed E-state index contributed by atoms with van der Waals surface area (Å²) >= 11 is 0. The summed E-state index contributed by atoms with van der Waals surface area (Å²) in [5.74, 6) is 1.65. The molecule has 7 heteroatoms. The van der Waals surface area contributed by atoms with E-state index in [9.17, 15) is 4.79 Å². The summed E-state index contributed by atoms with van der Waals surface area (Å²) in [7, 11) is 0. The average Bonchev–Trinajstić information content (AvgIpc) is 3.21. The van der Waals surface area contributed by atoms with Crippen LogP contribution >= 0.6 is 0 Å². The average molecular weight is 353 g/mol. The number of nitrogens with two attached hydrogens (primary N) is 1. The van der Waals surface area contributed by atoms with Crippen molar-refractivity contribution in [1.29, 1.82) is 0 Å². The lowest BCUT2D eigenvalue weighted by atomic mass is 9.96. The normalized spacial score (nSPS) is 15.7. The monoisotopic (exact) mass is 353 g/mol. The molecule has 0 radical (unpaired) electrons. The molecule has 1 aliphatic heterocycles. The minimum atomic E-state index is -0.200. The van der Waals surface area contributed by atoms with Gasteiger partial charge in [-0.3, -0.25) is 4.79 Å². The van der Waals surface area contributed by atoms with Gasteiger partial charge in [-0.15, -0.1) is 0 Å². The van der Waals surface area contributed by atoms with Gasteiger partial charge in [-0.05, 0) is 39.7 Å². The van der Waals surface area contributed by atoms with Gasteiger partial charge in [0.2, 0.25) is 5.91 Å². The number of aromatic nitrogens is 3. The van der Waals surface area contributed by atoms with E-state index in [0.717, 1.165) is 65.7 Å². The Morgan fingerprint density at radius 3 is 2.62 bits per heavy atom. The van der Waals surface area contributed by atoms with Crippen LogP contribution in [0.5, 0.6) is 0 Å². The van der Waals surface area contributed by atoms with Gasteiger partial charge in [-0.1, -0.05) is 0 Å². The zero-order valence-corrected chi connectivity index (χ0v) is 15.3. The van der Waals surface area contributed by atoms with Crippen LogP contribution in [-0.4, -0.2) is 33.6 Å². The highest BCUT2D eigenvalue weighted by molar-refractivity contribution is 5.77. The third-order valence-electron chi connectivity index (χ3n) is 5.38. The molecule has 0 unspecified atom stereocenters. The van der Waals surface area contributed by atoms with Crippen LogP contribution in [0.1, 0.15) is 29.9 Å². The number of carbonyl (C=O) groups is 1. The van der Waals surface area contributed by atoms with E-state index in [2.05, 4.69) is 11.8 Å². The van der Waals surface area contributed by atoms with Crippen molar-refractivity contribution in [3.8, 4) is 11.3 Å². The predicted molar refractivity (Wildman–Crippen MR) is 99.0 cm³/mol. The summed E-state index contributed by atoms with van der Waals surface area (Å²) in [4.78, 5) is 18.5. The Kier molecular flexibility index (Phi) is 3.94. The van der Waals surface area contributed by atoms with Gasteiger partial charge in [-0.2, -0.15) is 9.61 Å². The molecule has 7 nitrogen and oxygen atoms in total. The molecule has 0 bridgehead atoms. The zero-order valence-electron chi connectivity index (χ0n) is 15.3. The predicted octanol–water partition coefficient (Wildman–Crippen LogP) is 2.62. The maximum Gasteiger partial charge on any atom is 0.220 e. The van der Waals surface area contributed by atoms with Gasteiger partial charge < -0.3 is 15.1 Å². The topological polar surface area (TPSA) is 89.7 Å². The first-order valence-electron chi connectivity index (χ1n) is 8.91. The van der Waals surface area contributed by atoms with E-state index in [1.807, 2.05) is 30.5 Å². The van der Waals surface area contributed by atoms with Crippen LogP contribution in [0.2, 0.25) is 0 Å². The minimum absolute atomic E-state index is 0.0354. The fourth-order valence-electron chi connectivity index (χ4n) is 3.71. The van der Waals surface area contributed by atoms with Crippen LogP contribution in [-0.2, 0) is 4.79 Å². The Labute approximate surface area is 151 Å². The van der Waals surface area contributed by atoms with Crippen molar-refractivity contribution in [2.24, 2.45) is 11.7 Å². The standard InChI is InChI=1S/C19H23N5O2/c1-11-12(2)21-17-10-16(15-6-9-26-13(15)3)22-24(17)19(11)23-7-4-14(5-8-23)18(20)25/h6,9-10,14H,4-5,7-8H2,1-3H3,(H2,20,25). The highest BCUT2D eigenvalue weighted by atomic mass is 16.3. The maximum absolute atomic E-state index is 11.5. The molecule has 1 amide bonds. The molecule has 136 valence electrons. The van der Waals surface area contributed by atoms with E-state index in [0.29, 0.717) is 0 Å². The van der Waals surface area contributed by atoms with Gasteiger partial charge in [0.15, 0.2) is 5.65 Å². The van der Waals surface area contributed by atoms with E-state index in [4.69, 9.17) is 20.2 Å². The number of hydrogen-bond acceptors (Lipinski definition) is 5. The molecule has 0 atom stereocenters.